The van der Waals surface area contributed by atoms with E-state index in [4.69, 9.17) is 9.97 Å². The molecule has 0 N–H and O–H groups in total. The Morgan fingerprint density at radius 1 is 0.328 bits per heavy atom. The van der Waals surface area contributed by atoms with Crippen molar-refractivity contribution in [3.8, 4) is 39.3 Å². The van der Waals surface area contributed by atoms with Crippen molar-refractivity contribution >= 4 is 81.7 Å². The Kier molecular flexibility index (Phi) is 6.41. The Bertz CT molecular complexity index is 3760. The molecule has 0 fully saturated rings. The van der Waals surface area contributed by atoms with Crippen LogP contribution in [0.5, 0.6) is 0 Å². The van der Waals surface area contributed by atoms with Crippen molar-refractivity contribution in [2.24, 2.45) is 0 Å². The molecule has 0 spiro atoms. The van der Waals surface area contributed by atoms with Crippen LogP contribution in [0.15, 0.2) is 194 Å². The quantitative estimate of drug-likeness (QED) is 0.180. The van der Waals surface area contributed by atoms with E-state index in [1.54, 1.807) is 0 Å². The van der Waals surface area contributed by atoms with Gasteiger partial charge in [0.1, 0.15) is 0 Å². The fourth-order valence-electron chi connectivity index (χ4n) is 9.67. The average molecular weight is 737 g/mol. The summed E-state index contributed by atoms with van der Waals surface area (Å²) in [7, 11) is 0. The Balaban J connectivity index is 1.06. The minimum Gasteiger partial charge on any atom is -0.309 e. The molecule has 9 aromatic carbocycles. The first-order valence-corrected chi connectivity index (χ1v) is 19.8. The van der Waals surface area contributed by atoms with Crippen LogP contribution in [-0.4, -0.2) is 18.9 Å². The number of benzene rings is 9. The number of hydrogen-bond acceptors (Lipinski definition) is 2. The topological polar surface area (TPSA) is 35.1 Å². The van der Waals surface area contributed by atoms with Crippen LogP contribution in [0.2, 0.25) is 0 Å². The van der Waals surface area contributed by atoms with Crippen molar-refractivity contribution in [1.29, 1.82) is 0 Å². The van der Waals surface area contributed by atoms with Crippen molar-refractivity contribution in [3.63, 3.8) is 0 Å². The highest BCUT2D eigenvalue weighted by molar-refractivity contribution is 6.38. The highest BCUT2D eigenvalue weighted by Gasteiger charge is 2.25. The van der Waals surface area contributed by atoms with Gasteiger partial charge in [-0.2, -0.15) is 0 Å². The van der Waals surface area contributed by atoms with Gasteiger partial charge in [0.2, 0.25) is 0 Å². The second-order valence-corrected chi connectivity index (χ2v) is 15.3. The van der Waals surface area contributed by atoms with E-state index in [0.717, 1.165) is 39.2 Å². The lowest BCUT2D eigenvalue weighted by molar-refractivity contribution is 1.18. The molecule has 268 valence electrons. The summed E-state index contributed by atoms with van der Waals surface area (Å²) in [5.74, 6) is 0. The van der Waals surface area contributed by atoms with Crippen LogP contribution >= 0.6 is 0 Å². The van der Waals surface area contributed by atoms with Gasteiger partial charge in [-0.1, -0.05) is 146 Å². The Morgan fingerprint density at radius 3 is 1.60 bits per heavy atom. The summed E-state index contributed by atoms with van der Waals surface area (Å²) in [5.41, 5.74) is 15.2. The molecule has 4 heteroatoms. The molecule has 0 unspecified atom stereocenters. The maximum absolute atomic E-state index is 5.26. The number of para-hydroxylation sites is 4. The second-order valence-electron chi connectivity index (χ2n) is 15.3. The molecule has 4 aromatic heterocycles. The van der Waals surface area contributed by atoms with Gasteiger partial charge in [-0.15, -0.1) is 0 Å². The van der Waals surface area contributed by atoms with Crippen molar-refractivity contribution in [2.45, 2.75) is 0 Å². The van der Waals surface area contributed by atoms with Gasteiger partial charge in [-0.3, -0.25) is 0 Å². The monoisotopic (exact) mass is 736 g/mol. The molecule has 0 saturated carbocycles. The average Bonchev–Trinajstić information content (AvgIpc) is 3.94. The Labute approximate surface area is 332 Å². The van der Waals surface area contributed by atoms with Crippen LogP contribution in [-0.2, 0) is 0 Å². The molecule has 13 aromatic rings. The molecule has 0 saturated heterocycles. The van der Waals surface area contributed by atoms with Gasteiger partial charge < -0.3 is 8.97 Å². The van der Waals surface area contributed by atoms with E-state index in [-0.39, 0.29) is 0 Å². The largest absolute Gasteiger partial charge is 0.309 e. The zero-order valence-electron chi connectivity index (χ0n) is 31.3. The molecular formula is C54H32N4. The predicted molar refractivity (Wildman–Crippen MR) is 242 cm³/mol. The fourth-order valence-corrected chi connectivity index (χ4v) is 9.67. The van der Waals surface area contributed by atoms with E-state index < -0.39 is 0 Å². The molecule has 0 amide bonds. The maximum atomic E-state index is 5.26. The van der Waals surface area contributed by atoms with E-state index >= 15 is 0 Å². The summed E-state index contributed by atoms with van der Waals surface area (Å²) in [6, 6.07) is 69.8. The molecule has 13 rings (SSSR count). The van der Waals surface area contributed by atoms with Crippen LogP contribution in [0.3, 0.4) is 0 Å². The molecule has 0 atom stereocenters. The Hall–Kier alpha value is -7.82. The zero-order chi connectivity index (χ0) is 37.9. The summed E-state index contributed by atoms with van der Waals surface area (Å²) in [6.45, 7) is 0. The van der Waals surface area contributed by atoms with Crippen molar-refractivity contribution in [3.05, 3.63) is 194 Å². The predicted octanol–water partition coefficient (Wildman–Crippen LogP) is 14.0. The van der Waals surface area contributed by atoms with Gasteiger partial charge in [0, 0.05) is 49.1 Å². The standard InChI is InChI=1S/C54H32N4/c1-2-12-33(13-3-1)34-22-24-36(25-23-34)52-53(56-44-19-9-8-18-43(44)55-52)37-26-29-38(30-27-37)57-47-31-28-35-14-4-5-15-39(35)49(47)51-48(57)32-42-40-16-6-10-20-45(40)58-46-21-11-7-17-41(46)50(51)54(42)58/h1-32H. The van der Waals surface area contributed by atoms with Gasteiger partial charge in [0.05, 0.1) is 50.0 Å². The van der Waals surface area contributed by atoms with Gasteiger partial charge >= 0.3 is 0 Å². The van der Waals surface area contributed by atoms with E-state index in [2.05, 4.69) is 179 Å². The van der Waals surface area contributed by atoms with Gasteiger partial charge in [0.25, 0.3) is 0 Å². The third-order valence-electron chi connectivity index (χ3n) is 12.2. The molecular weight excluding hydrogens is 705 g/mol. The summed E-state index contributed by atoms with van der Waals surface area (Å²) in [6.07, 6.45) is 0. The molecule has 4 heterocycles. The van der Waals surface area contributed by atoms with Crippen LogP contribution < -0.4 is 0 Å². The van der Waals surface area contributed by atoms with Crippen molar-refractivity contribution < 1.29 is 0 Å². The molecule has 0 bridgehead atoms. The minimum absolute atomic E-state index is 0.866. The van der Waals surface area contributed by atoms with Gasteiger partial charge in [-0.05, 0) is 70.4 Å². The van der Waals surface area contributed by atoms with E-state index in [0.29, 0.717) is 0 Å². The lowest BCUT2D eigenvalue weighted by Crippen LogP contribution is -1.97. The number of fused-ring (bicyclic) bond motifs is 13. The number of aromatic nitrogens is 4. The second kappa shape index (κ2) is 11.8. The molecule has 58 heavy (non-hydrogen) atoms. The summed E-state index contributed by atoms with van der Waals surface area (Å²) < 4.78 is 4.95. The summed E-state index contributed by atoms with van der Waals surface area (Å²) >= 11 is 0. The van der Waals surface area contributed by atoms with Gasteiger partial charge in [0.15, 0.2) is 0 Å². The first-order chi connectivity index (χ1) is 28.8. The fraction of sp³-hybridized carbons (Fsp3) is 0. The van der Waals surface area contributed by atoms with Crippen molar-refractivity contribution in [1.82, 2.24) is 18.9 Å². The first kappa shape index (κ1) is 31.4. The third kappa shape index (κ3) is 4.34. The van der Waals surface area contributed by atoms with Crippen LogP contribution in [0.25, 0.3) is 121 Å². The highest BCUT2D eigenvalue weighted by Crippen LogP contribution is 2.48. The number of nitrogens with zero attached hydrogens (tertiary/aromatic N) is 4. The maximum Gasteiger partial charge on any atom is 0.0973 e. The van der Waals surface area contributed by atoms with Crippen LogP contribution in [0.1, 0.15) is 0 Å². The van der Waals surface area contributed by atoms with Crippen LogP contribution in [0.4, 0.5) is 0 Å². The molecule has 0 aliphatic carbocycles. The minimum atomic E-state index is 0.866. The number of hydrogen-bond donors (Lipinski definition) is 0. The SMILES string of the molecule is c1ccc(-c2ccc(-c3nc4ccccc4nc3-c3ccc(-n4c5ccc6ccccc6c5c5c6c7ccccc7n7c8ccccc8c(cc54)c67)cc3)cc2)cc1. The zero-order valence-corrected chi connectivity index (χ0v) is 31.3. The van der Waals surface area contributed by atoms with Gasteiger partial charge in [-0.25, -0.2) is 9.97 Å². The first-order valence-electron chi connectivity index (χ1n) is 19.8. The highest BCUT2D eigenvalue weighted by atomic mass is 15.0. The van der Waals surface area contributed by atoms with E-state index in [1.807, 2.05) is 24.3 Å². The molecule has 4 nitrogen and oxygen atoms in total. The lowest BCUT2D eigenvalue weighted by Gasteiger charge is -2.13. The van der Waals surface area contributed by atoms with Crippen LogP contribution in [0, 0.1) is 0 Å². The van der Waals surface area contributed by atoms with E-state index in [9.17, 15) is 0 Å². The lowest BCUT2D eigenvalue weighted by atomic mass is 9.99. The summed E-state index contributed by atoms with van der Waals surface area (Å²) in [4.78, 5) is 10.5. The Morgan fingerprint density at radius 2 is 0.879 bits per heavy atom. The number of rotatable bonds is 4. The molecule has 0 radical (unpaired) electrons. The molecule has 0 aliphatic heterocycles. The normalized spacial score (nSPS) is 12.1. The van der Waals surface area contributed by atoms with E-state index in [1.165, 1.54) is 81.8 Å². The molecule has 0 aliphatic rings. The summed E-state index contributed by atoms with van der Waals surface area (Å²) in [5, 5.41) is 10.2. The smallest absolute Gasteiger partial charge is 0.0973 e. The third-order valence-corrected chi connectivity index (χ3v) is 12.2. The van der Waals surface area contributed by atoms with Crippen molar-refractivity contribution in [2.75, 3.05) is 0 Å².